The van der Waals surface area contributed by atoms with Crippen LogP contribution in [0.3, 0.4) is 0 Å². The van der Waals surface area contributed by atoms with Crippen LogP contribution in [-0.4, -0.2) is 28.0 Å². The summed E-state index contributed by atoms with van der Waals surface area (Å²) in [7, 11) is -2.78. The summed E-state index contributed by atoms with van der Waals surface area (Å²) in [6.07, 6.45) is 0. The first-order valence-electron chi connectivity index (χ1n) is 9.91. The van der Waals surface area contributed by atoms with Gasteiger partial charge in [0, 0.05) is 5.69 Å². The molecule has 0 aliphatic heterocycles. The first kappa shape index (κ1) is 23.3. The highest BCUT2D eigenvalue weighted by Gasteiger charge is 2.30. The van der Waals surface area contributed by atoms with E-state index in [-0.39, 0.29) is 16.3 Å². The minimum atomic E-state index is -4.17. The molecule has 6 nitrogen and oxygen atoms in total. The highest BCUT2D eigenvalue weighted by Crippen LogP contribution is 2.31. The van der Waals surface area contributed by atoms with E-state index in [1.807, 2.05) is 19.9 Å². The molecular weight excluding hydrogens is 431 g/mol. The van der Waals surface area contributed by atoms with E-state index in [9.17, 15) is 17.6 Å². The Hall–Kier alpha value is -3.39. The molecule has 0 radical (unpaired) electrons. The Kier molecular flexibility index (Phi) is 6.84. The molecule has 1 amide bonds. The van der Waals surface area contributed by atoms with Gasteiger partial charge in [0.15, 0.2) is 0 Å². The minimum absolute atomic E-state index is 0.0438. The van der Waals surface area contributed by atoms with Crippen LogP contribution in [0.1, 0.15) is 16.7 Å². The quantitative estimate of drug-likeness (QED) is 0.564. The van der Waals surface area contributed by atoms with Crippen molar-refractivity contribution >= 4 is 27.3 Å². The molecule has 8 heteroatoms. The molecule has 168 valence electrons. The van der Waals surface area contributed by atoms with E-state index >= 15 is 0 Å². The van der Waals surface area contributed by atoms with Gasteiger partial charge in [0.05, 0.1) is 12.8 Å². The van der Waals surface area contributed by atoms with E-state index in [1.54, 1.807) is 31.2 Å². The first-order valence-corrected chi connectivity index (χ1v) is 11.4. The van der Waals surface area contributed by atoms with Crippen LogP contribution in [0.25, 0.3) is 0 Å². The van der Waals surface area contributed by atoms with Crippen LogP contribution in [0.15, 0.2) is 65.6 Å². The van der Waals surface area contributed by atoms with Crippen molar-refractivity contribution in [1.82, 2.24) is 0 Å². The van der Waals surface area contributed by atoms with Crippen LogP contribution in [-0.2, 0) is 14.8 Å². The summed E-state index contributed by atoms with van der Waals surface area (Å²) in [5.41, 5.74) is 3.01. The zero-order chi connectivity index (χ0) is 23.5. The van der Waals surface area contributed by atoms with Crippen LogP contribution >= 0.6 is 0 Å². The number of anilines is 2. The maximum Gasteiger partial charge on any atom is 0.268 e. The zero-order valence-corrected chi connectivity index (χ0v) is 19.2. The lowest BCUT2D eigenvalue weighted by Crippen LogP contribution is -2.38. The van der Waals surface area contributed by atoms with Gasteiger partial charge in [0.1, 0.15) is 23.0 Å². The molecule has 3 aromatic carbocycles. The Morgan fingerprint density at radius 2 is 1.66 bits per heavy atom. The molecule has 0 aliphatic carbocycles. The molecule has 0 aliphatic rings. The van der Waals surface area contributed by atoms with Gasteiger partial charge < -0.3 is 10.1 Å². The monoisotopic (exact) mass is 456 g/mol. The van der Waals surface area contributed by atoms with Crippen LogP contribution in [0, 0.1) is 26.6 Å². The maximum absolute atomic E-state index is 13.7. The summed E-state index contributed by atoms with van der Waals surface area (Å²) in [6.45, 7) is 4.97. The first-order chi connectivity index (χ1) is 15.1. The summed E-state index contributed by atoms with van der Waals surface area (Å²) < 4.78 is 47.3. The Morgan fingerprint density at radius 3 is 2.28 bits per heavy atom. The average Bonchev–Trinajstić information content (AvgIpc) is 2.71. The summed E-state index contributed by atoms with van der Waals surface area (Å²) in [5, 5.41) is 2.56. The number of aryl methyl sites for hydroxylation is 3. The molecule has 3 rings (SSSR count). The largest absolute Gasteiger partial charge is 0.495 e. The van der Waals surface area contributed by atoms with Gasteiger partial charge in [0.25, 0.3) is 10.0 Å². The van der Waals surface area contributed by atoms with Gasteiger partial charge in [0.2, 0.25) is 5.91 Å². The normalized spacial score (nSPS) is 11.2. The van der Waals surface area contributed by atoms with Crippen molar-refractivity contribution in [2.45, 2.75) is 25.7 Å². The number of carbonyl (C=O) groups is 1. The molecule has 1 N–H and O–H groups in total. The lowest BCUT2D eigenvalue weighted by atomic mass is 10.1. The highest BCUT2D eigenvalue weighted by atomic mass is 32.2. The molecule has 0 atom stereocenters. The molecule has 0 bridgehead atoms. The van der Waals surface area contributed by atoms with Crippen LogP contribution in [0.2, 0.25) is 0 Å². The van der Waals surface area contributed by atoms with Crippen molar-refractivity contribution in [3.63, 3.8) is 0 Å². The topological polar surface area (TPSA) is 75.7 Å². The highest BCUT2D eigenvalue weighted by molar-refractivity contribution is 7.93. The Balaban J connectivity index is 2.06. The van der Waals surface area contributed by atoms with Crippen LogP contribution < -0.4 is 14.4 Å². The molecule has 3 aromatic rings. The summed E-state index contributed by atoms with van der Waals surface area (Å²) in [4.78, 5) is 12.8. The van der Waals surface area contributed by atoms with Crippen molar-refractivity contribution in [1.29, 1.82) is 0 Å². The zero-order valence-electron chi connectivity index (χ0n) is 18.3. The van der Waals surface area contributed by atoms with Gasteiger partial charge in [-0.15, -0.1) is 0 Å². The predicted octanol–water partition coefficient (Wildman–Crippen LogP) is 4.59. The van der Waals surface area contributed by atoms with E-state index in [0.29, 0.717) is 5.69 Å². The Morgan fingerprint density at radius 1 is 0.969 bits per heavy atom. The second-order valence-electron chi connectivity index (χ2n) is 7.57. The summed E-state index contributed by atoms with van der Waals surface area (Å²) >= 11 is 0. The lowest BCUT2D eigenvalue weighted by molar-refractivity contribution is -0.114. The molecular formula is C24H25FN2O4S. The van der Waals surface area contributed by atoms with Gasteiger partial charge >= 0.3 is 0 Å². The molecule has 0 saturated carbocycles. The van der Waals surface area contributed by atoms with Crippen molar-refractivity contribution in [3.05, 3.63) is 83.2 Å². The number of hydrogen-bond donors (Lipinski definition) is 1. The number of ether oxygens (including phenoxy) is 1. The van der Waals surface area contributed by atoms with E-state index in [1.165, 1.54) is 31.4 Å². The number of sulfonamides is 1. The summed E-state index contributed by atoms with van der Waals surface area (Å²) in [5.74, 6) is -0.938. The fourth-order valence-electron chi connectivity index (χ4n) is 3.41. The Bertz CT molecular complexity index is 1240. The number of methoxy groups -OCH3 is 1. The SMILES string of the molecule is COc1ccc(C)cc1S(=O)(=O)N(CC(=O)Nc1cccc(F)c1)c1cc(C)cc(C)c1. The number of amides is 1. The molecule has 0 spiro atoms. The average molecular weight is 457 g/mol. The van der Waals surface area contributed by atoms with Crippen molar-refractivity contribution < 1.29 is 22.3 Å². The van der Waals surface area contributed by atoms with Crippen molar-refractivity contribution in [2.24, 2.45) is 0 Å². The number of rotatable bonds is 7. The van der Waals surface area contributed by atoms with Gasteiger partial charge in [-0.1, -0.05) is 18.2 Å². The van der Waals surface area contributed by atoms with Gasteiger partial charge in [-0.2, -0.15) is 0 Å². The number of halogens is 1. The molecule has 0 unspecified atom stereocenters. The molecule has 0 aromatic heterocycles. The number of nitrogens with one attached hydrogen (secondary N) is 1. The molecule has 0 fully saturated rings. The van der Waals surface area contributed by atoms with Gasteiger partial charge in [-0.3, -0.25) is 9.10 Å². The van der Waals surface area contributed by atoms with Crippen LogP contribution in [0.4, 0.5) is 15.8 Å². The minimum Gasteiger partial charge on any atom is -0.495 e. The predicted molar refractivity (Wildman–Crippen MR) is 123 cm³/mol. The van der Waals surface area contributed by atoms with Crippen molar-refractivity contribution in [2.75, 3.05) is 23.3 Å². The summed E-state index contributed by atoms with van der Waals surface area (Å²) in [6, 6.07) is 15.5. The van der Waals surface area contributed by atoms with E-state index in [0.717, 1.165) is 27.1 Å². The third-order valence-corrected chi connectivity index (χ3v) is 6.57. The lowest BCUT2D eigenvalue weighted by Gasteiger charge is -2.26. The molecule has 32 heavy (non-hydrogen) atoms. The standard InChI is InChI=1S/C24H25FN2O4S/c1-16-8-9-22(31-4)23(13-16)32(29,30)27(21-11-17(2)10-18(3)12-21)15-24(28)26-20-7-5-6-19(25)14-20/h5-14H,15H2,1-4H3,(H,26,28). The molecule has 0 saturated heterocycles. The van der Waals surface area contributed by atoms with E-state index in [2.05, 4.69) is 5.32 Å². The smallest absolute Gasteiger partial charge is 0.268 e. The fraction of sp³-hybridized carbons (Fsp3) is 0.208. The third kappa shape index (κ3) is 5.26. The fourth-order valence-corrected chi connectivity index (χ4v) is 5.06. The maximum atomic E-state index is 13.7. The number of hydrogen-bond acceptors (Lipinski definition) is 4. The number of carbonyl (C=O) groups excluding carboxylic acids is 1. The van der Waals surface area contributed by atoms with E-state index in [4.69, 9.17) is 4.74 Å². The van der Waals surface area contributed by atoms with Gasteiger partial charge in [-0.05, 0) is 79.9 Å². The van der Waals surface area contributed by atoms with E-state index < -0.39 is 28.3 Å². The van der Waals surface area contributed by atoms with Crippen LogP contribution in [0.5, 0.6) is 5.75 Å². The molecule has 0 heterocycles. The second-order valence-corrected chi connectivity index (χ2v) is 9.40. The Labute approximate surface area is 187 Å². The number of nitrogens with zero attached hydrogens (tertiary/aromatic N) is 1. The third-order valence-electron chi connectivity index (χ3n) is 4.78. The van der Waals surface area contributed by atoms with Crippen molar-refractivity contribution in [3.8, 4) is 5.75 Å². The number of benzene rings is 3. The second kappa shape index (κ2) is 9.40. The van der Waals surface area contributed by atoms with Gasteiger partial charge in [-0.25, -0.2) is 12.8 Å².